The maximum Gasteiger partial charge on any atom is 0.310 e. The van der Waals surface area contributed by atoms with Gasteiger partial charge in [-0.15, -0.1) is 0 Å². The van der Waals surface area contributed by atoms with E-state index < -0.39 is 0 Å². The molecular formula is C25H40O2. The van der Waals surface area contributed by atoms with Crippen LogP contribution in [0.2, 0.25) is 0 Å². The van der Waals surface area contributed by atoms with E-state index in [0.29, 0.717) is 23.7 Å². The SMILES string of the molecule is CC(C)[C@@H]1C=C[C@H]2CCC[C@H]2[C@@H]1C(=O)OC1CCC(C2CCCCC2)CC1. The summed E-state index contributed by atoms with van der Waals surface area (Å²) in [6, 6.07) is 0. The van der Waals surface area contributed by atoms with Crippen LogP contribution in [-0.2, 0) is 9.53 Å². The average molecular weight is 373 g/mol. The second kappa shape index (κ2) is 8.70. The lowest BCUT2D eigenvalue weighted by molar-refractivity contribution is -0.161. The predicted molar refractivity (Wildman–Crippen MR) is 110 cm³/mol. The van der Waals surface area contributed by atoms with Crippen LogP contribution in [0.3, 0.4) is 0 Å². The Bertz CT molecular complexity index is 522. The molecule has 27 heavy (non-hydrogen) atoms. The molecule has 0 N–H and O–H groups in total. The lowest BCUT2D eigenvalue weighted by Gasteiger charge is -2.39. The van der Waals surface area contributed by atoms with Gasteiger partial charge in [0.2, 0.25) is 0 Å². The molecule has 0 aromatic rings. The third-order valence-electron chi connectivity index (χ3n) is 8.44. The monoisotopic (exact) mass is 372 g/mol. The van der Waals surface area contributed by atoms with Crippen molar-refractivity contribution in [2.75, 3.05) is 0 Å². The van der Waals surface area contributed by atoms with Crippen LogP contribution < -0.4 is 0 Å². The number of hydrogen-bond donors (Lipinski definition) is 0. The highest BCUT2D eigenvalue weighted by atomic mass is 16.5. The zero-order valence-corrected chi connectivity index (χ0v) is 17.6. The molecule has 2 nitrogen and oxygen atoms in total. The third kappa shape index (κ3) is 4.30. The third-order valence-corrected chi connectivity index (χ3v) is 8.44. The Hall–Kier alpha value is -0.790. The van der Waals surface area contributed by atoms with Crippen molar-refractivity contribution in [1.82, 2.24) is 0 Å². The predicted octanol–water partition coefficient (Wildman–Crippen LogP) is 6.54. The smallest absolute Gasteiger partial charge is 0.310 e. The summed E-state index contributed by atoms with van der Waals surface area (Å²) < 4.78 is 6.18. The Morgan fingerprint density at radius 3 is 2.22 bits per heavy atom. The van der Waals surface area contributed by atoms with E-state index in [1.807, 2.05) is 0 Å². The van der Waals surface area contributed by atoms with Gasteiger partial charge in [0.05, 0.1) is 5.92 Å². The van der Waals surface area contributed by atoms with Crippen LogP contribution in [0.4, 0.5) is 0 Å². The van der Waals surface area contributed by atoms with Crippen molar-refractivity contribution in [3.63, 3.8) is 0 Å². The number of carbonyl (C=O) groups is 1. The van der Waals surface area contributed by atoms with Crippen LogP contribution >= 0.6 is 0 Å². The lowest BCUT2D eigenvalue weighted by Crippen LogP contribution is -2.40. The van der Waals surface area contributed by atoms with Gasteiger partial charge in [0.15, 0.2) is 0 Å². The summed E-state index contributed by atoms with van der Waals surface area (Å²) in [4.78, 5) is 13.3. The lowest BCUT2D eigenvalue weighted by atomic mass is 9.68. The molecule has 0 heterocycles. The van der Waals surface area contributed by atoms with Crippen LogP contribution in [0.1, 0.15) is 90.9 Å². The van der Waals surface area contributed by atoms with Gasteiger partial charge >= 0.3 is 5.97 Å². The fraction of sp³-hybridized carbons (Fsp3) is 0.880. The number of rotatable bonds is 4. The minimum Gasteiger partial charge on any atom is -0.462 e. The fourth-order valence-electron chi connectivity index (χ4n) is 6.87. The van der Waals surface area contributed by atoms with Crippen molar-refractivity contribution in [3.8, 4) is 0 Å². The highest BCUT2D eigenvalue weighted by Crippen LogP contribution is 2.47. The van der Waals surface area contributed by atoms with Gasteiger partial charge in [0, 0.05) is 0 Å². The molecule has 0 amide bonds. The maximum atomic E-state index is 13.3. The molecule has 0 saturated heterocycles. The van der Waals surface area contributed by atoms with Crippen LogP contribution in [0.25, 0.3) is 0 Å². The van der Waals surface area contributed by atoms with Crippen molar-refractivity contribution in [2.45, 2.75) is 97.0 Å². The number of carbonyl (C=O) groups excluding carboxylic acids is 1. The topological polar surface area (TPSA) is 26.3 Å². The molecule has 0 spiro atoms. The molecule has 0 radical (unpaired) electrons. The highest BCUT2D eigenvalue weighted by Gasteiger charge is 2.45. The van der Waals surface area contributed by atoms with E-state index in [0.717, 1.165) is 24.7 Å². The Morgan fingerprint density at radius 1 is 0.815 bits per heavy atom. The number of allylic oxidation sites excluding steroid dienone is 2. The Morgan fingerprint density at radius 2 is 1.52 bits per heavy atom. The van der Waals surface area contributed by atoms with Gasteiger partial charge in [0.25, 0.3) is 0 Å². The zero-order chi connectivity index (χ0) is 18.8. The van der Waals surface area contributed by atoms with Crippen molar-refractivity contribution in [2.24, 2.45) is 41.4 Å². The van der Waals surface area contributed by atoms with Crippen molar-refractivity contribution < 1.29 is 9.53 Å². The first kappa shape index (κ1) is 19.5. The molecule has 4 rings (SSSR count). The fourth-order valence-corrected chi connectivity index (χ4v) is 6.87. The minimum absolute atomic E-state index is 0.110. The summed E-state index contributed by atoms with van der Waals surface area (Å²) in [5.74, 6) is 4.16. The van der Waals surface area contributed by atoms with Gasteiger partial charge in [-0.1, -0.05) is 64.5 Å². The molecule has 4 atom stereocenters. The van der Waals surface area contributed by atoms with Crippen LogP contribution in [0.5, 0.6) is 0 Å². The molecule has 3 fully saturated rings. The maximum absolute atomic E-state index is 13.3. The minimum atomic E-state index is 0.110. The molecule has 0 aliphatic heterocycles. The first-order valence-corrected chi connectivity index (χ1v) is 12.0. The van der Waals surface area contributed by atoms with E-state index in [1.165, 1.54) is 64.2 Å². The quantitative estimate of drug-likeness (QED) is 0.413. The number of esters is 1. The second-order valence-corrected chi connectivity index (χ2v) is 10.4. The van der Waals surface area contributed by atoms with E-state index >= 15 is 0 Å². The molecule has 0 bridgehead atoms. The normalized spacial score (nSPS) is 40.1. The van der Waals surface area contributed by atoms with E-state index in [-0.39, 0.29) is 18.0 Å². The summed E-state index contributed by atoms with van der Waals surface area (Å²) in [6.45, 7) is 4.53. The molecule has 0 aromatic carbocycles. The average Bonchev–Trinajstić information content (AvgIpc) is 3.17. The van der Waals surface area contributed by atoms with E-state index in [2.05, 4.69) is 26.0 Å². The van der Waals surface area contributed by atoms with Gasteiger partial charge in [-0.25, -0.2) is 0 Å². The van der Waals surface area contributed by atoms with Gasteiger partial charge in [-0.3, -0.25) is 4.79 Å². The second-order valence-electron chi connectivity index (χ2n) is 10.4. The first-order valence-electron chi connectivity index (χ1n) is 12.0. The van der Waals surface area contributed by atoms with Crippen LogP contribution in [-0.4, -0.2) is 12.1 Å². The molecule has 0 aromatic heterocycles. The van der Waals surface area contributed by atoms with Crippen molar-refractivity contribution in [1.29, 1.82) is 0 Å². The highest BCUT2D eigenvalue weighted by molar-refractivity contribution is 5.74. The van der Waals surface area contributed by atoms with Gasteiger partial charge in [-0.2, -0.15) is 0 Å². The largest absolute Gasteiger partial charge is 0.462 e. The molecule has 4 aliphatic carbocycles. The number of ether oxygens (including phenoxy) is 1. The van der Waals surface area contributed by atoms with Crippen LogP contribution in [0, 0.1) is 41.4 Å². The standard InChI is InChI=1S/C25H40O2/c1-17(2)22-16-13-20-9-6-10-23(20)24(22)25(26)27-21-14-11-19(12-15-21)18-7-4-3-5-8-18/h13,16-24H,3-12,14-15H2,1-2H3/t19?,20-,21?,22+,23-,24-/m1/s1. The van der Waals surface area contributed by atoms with Gasteiger partial charge < -0.3 is 4.74 Å². The number of fused-ring (bicyclic) bond motifs is 1. The van der Waals surface area contributed by atoms with Gasteiger partial charge in [-0.05, 0) is 74.0 Å². The van der Waals surface area contributed by atoms with Crippen LogP contribution in [0.15, 0.2) is 12.2 Å². The van der Waals surface area contributed by atoms with E-state index in [4.69, 9.17) is 4.74 Å². The van der Waals surface area contributed by atoms with Gasteiger partial charge in [0.1, 0.15) is 6.10 Å². The summed E-state index contributed by atoms with van der Waals surface area (Å²) >= 11 is 0. The molecular weight excluding hydrogens is 332 g/mol. The summed E-state index contributed by atoms with van der Waals surface area (Å²) in [5, 5.41) is 0. The molecule has 2 heteroatoms. The summed E-state index contributed by atoms with van der Waals surface area (Å²) in [7, 11) is 0. The Kier molecular flexibility index (Phi) is 6.29. The van der Waals surface area contributed by atoms with E-state index in [1.54, 1.807) is 0 Å². The van der Waals surface area contributed by atoms with Crippen molar-refractivity contribution >= 4 is 5.97 Å². The van der Waals surface area contributed by atoms with Crippen molar-refractivity contribution in [3.05, 3.63) is 12.2 Å². The Labute approximate surface area is 166 Å². The first-order chi connectivity index (χ1) is 13.1. The number of hydrogen-bond acceptors (Lipinski definition) is 2. The summed E-state index contributed by atoms with van der Waals surface area (Å²) in [5.41, 5.74) is 0. The zero-order valence-electron chi connectivity index (χ0n) is 17.6. The summed E-state index contributed by atoms with van der Waals surface area (Å²) in [6.07, 6.45) is 20.7. The molecule has 152 valence electrons. The Balaban J connectivity index is 1.33. The molecule has 4 aliphatic rings. The molecule has 3 saturated carbocycles. The molecule has 0 unspecified atom stereocenters. The van der Waals surface area contributed by atoms with E-state index in [9.17, 15) is 4.79 Å².